The summed E-state index contributed by atoms with van der Waals surface area (Å²) in [6.45, 7) is 0. The summed E-state index contributed by atoms with van der Waals surface area (Å²) < 4.78 is 35.1. The molecule has 3 nitrogen and oxygen atoms in total. The molecule has 74 valence electrons. The molecule has 0 aromatic heterocycles. The van der Waals surface area contributed by atoms with E-state index in [-0.39, 0.29) is 6.42 Å². The summed E-state index contributed by atoms with van der Waals surface area (Å²) in [7, 11) is -5.26. The van der Waals surface area contributed by atoms with Crippen LogP contribution in [0.1, 0.15) is 19.3 Å². The van der Waals surface area contributed by atoms with Gasteiger partial charge in [-0.25, -0.2) is 0 Å². The fourth-order valence-electron chi connectivity index (χ4n) is 0.578. The van der Waals surface area contributed by atoms with Gasteiger partial charge in [-0.15, -0.1) is 0 Å². The molecule has 0 amide bonds. The Morgan fingerprint density at radius 2 is 1.83 bits per heavy atom. The standard InChI is InChI=1S/C5H10BrF2O3P/c6-4-2-1-3-5(7,8)12(9,10)11/h1-4H2,(H2,9,10,11). The highest BCUT2D eigenvalue weighted by atomic mass is 79.9. The first-order valence-electron chi connectivity index (χ1n) is 3.30. The van der Waals surface area contributed by atoms with Gasteiger partial charge in [-0.05, 0) is 12.8 Å². The highest BCUT2D eigenvalue weighted by molar-refractivity contribution is 9.09. The second-order valence-corrected chi connectivity index (χ2v) is 4.89. The number of hydrogen-bond donors (Lipinski definition) is 2. The lowest BCUT2D eigenvalue weighted by atomic mass is 10.3. The third kappa shape index (κ3) is 3.94. The average Bonchev–Trinajstić information content (AvgIpc) is 1.85. The van der Waals surface area contributed by atoms with Crippen LogP contribution in [0.4, 0.5) is 8.78 Å². The molecule has 0 aliphatic heterocycles. The van der Waals surface area contributed by atoms with Gasteiger partial charge in [-0.1, -0.05) is 15.9 Å². The molecule has 0 saturated heterocycles. The van der Waals surface area contributed by atoms with Crippen molar-refractivity contribution in [3.63, 3.8) is 0 Å². The second kappa shape index (κ2) is 4.65. The van der Waals surface area contributed by atoms with E-state index < -0.39 is 19.7 Å². The fourth-order valence-corrected chi connectivity index (χ4v) is 1.42. The van der Waals surface area contributed by atoms with E-state index in [0.717, 1.165) is 0 Å². The number of hydrogen-bond acceptors (Lipinski definition) is 1. The molecule has 0 aliphatic carbocycles. The second-order valence-electron chi connectivity index (χ2n) is 2.36. The predicted octanol–water partition coefficient (Wildman–Crippen LogP) is 2.32. The van der Waals surface area contributed by atoms with E-state index in [1.807, 2.05) is 0 Å². The van der Waals surface area contributed by atoms with Gasteiger partial charge in [-0.2, -0.15) is 8.78 Å². The Balaban J connectivity index is 3.97. The van der Waals surface area contributed by atoms with Crippen molar-refractivity contribution in [1.82, 2.24) is 0 Å². The van der Waals surface area contributed by atoms with Gasteiger partial charge < -0.3 is 9.79 Å². The van der Waals surface area contributed by atoms with Gasteiger partial charge in [0.05, 0.1) is 0 Å². The number of rotatable bonds is 5. The number of unbranched alkanes of at least 4 members (excludes halogenated alkanes) is 1. The van der Waals surface area contributed by atoms with Crippen molar-refractivity contribution in [3.05, 3.63) is 0 Å². The lowest BCUT2D eigenvalue weighted by Crippen LogP contribution is -2.15. The van der Waals surface area contributed by atoms with Crippen molar-refractivity contribution in [1.29, 1.82) is 0 Å². The molecule has 2 N–H and O–H groups in total. The van der Waals surface area contributed by atoms with Crippen molar-refractivity contribution in [2.45, 2.75) is 24.9 Å². The molecule has 0 heterocycles. The molecule has 0 fully saturated rings. The Morgan fingerprint density at radius 3 is 2.17 bits per heavy atom. The fraction of sp³-hybridized carbons (Fsp3) is 1.00. The smallest absolute Gasteiger partial charge is 0.320 e. The maximum absolute atomic E-state index is 12.5. The SMILES string of the molecule is O=P(O)(O)C(F)(F)CCCCBr. The summed E-state index contributed by atoms with van der Waals surface area (Å²) in [4.78, 5) is 16.4. The van der Waals surface area contributed by atoms with Gasteiger partial charge in [0.2, 0.25) is 0 Å². The molecule has 0 aromatic rings. The molecule has 0 saturated carbocycles. The van der Waals surface area contributed by atoms with Crippen LogP contribution in [0.15, 0.2) is 0 Å². The van der Waals surface area contributed by atoms with E-state index in [2.05, 4.69) is 15.9 Å². The summed E-state index contributed by atoms with van der Waals surface area (Å²) >= 11 is 3.03. The monoisotopic (exact) mass is 266 g/mol. The van der Waals surface area contributed by atoms with Gasteiger partial charge in [0, 0.05) is 11.8 Å². The van der Waals surface area contributed by atoms with Crippen LogP contribution in [0.3, 0.4) is 0 Å². The minimum Gasteiger partial charge on any atom is -0.320 e. The Labute approximate surface area is 77.4 Å². The first-order valence-corrected chi connectivity index (χ1v) is 6.04. The normalized spacial score (nSPS) is 13.4. The maximum atomic E-state index is 12.5. The zero-order chi connectivity index (χ0) is 9.83. The van der Waals surface area contributed by atoms with Crippen LogP contribution in [0.5, 0.6) is 0 Å². The van der Waals surface area contributed by atoms with Gasteiger partial charge in [0.1, 0.15) is 0 Å². The van der Waals surface area contributed by atoms with E-state index in [1.165, 1.54) is 0 Å². The highest BCUT2D eigenvalue weighted by Gasteiger charge is 2.47. The number of halogens is 3. The predicted molar refractivity (Wildman–Crippen MR) is 44.6 cm³/mol. The van der Waals surface area contributed by atoms with Crippen molar-refractivity contribution in [2.24, 2.45) is 0 Å². The third-order valence-electron chi connectivity index (χ3n) is 1.29. The topological polar surface area (TPSA) is 57.5 Å². The van der Waals surface area contributed by atoms with Crippen LogP contribution >= 0.6 is 23.5 Å². The van der Waals surface area contributed by atoms with Crippen LogP contribution in [-0.4, -0.2) is 20.8 Å². The van der Waals surface area contributed by atoms with Crippen LogP contribution < -0.4 is 0 Å². The molecule has 0 bridgehead atoms. The average molecular weight is 267 g/mol. The summed E-state index contributed by atoms with van der Waals surface area (Å²) in [5, 5.41) is 0.560. The maximum Gasteiger partial charge on any atom is 0.394 e. The zero-order valence-corrected chi connectivity index (χ0v) is 8.69. The van der Waals surface area contributed by atoms with Crippen molar-refractivity contribution < 1.29 is 23.1 Å². The Bertz CT molecular complexity index is 182. The minimum atomic E-state index is -5.26. The van der Waals surface area contributed by atoms with Crippen LogP contribution in [0, 0.1) is 0 Å². The first kappa shape index (κ1) is 12.5. The highest BCUT2D eigenvalue weighted by Crippen LogP contribution is 2.55. The quantitative estimate of drug-likeness (QED) is 0.456. The number of alkyl halides is 3. The van der Waals surface area contributed by atoms with E-state index >= 15 is 0 Å². The molecule has 0 rings (SSSR count). The summed E-state index contributed by atoms with van der Waals surface area (Å²) in [5.41, 5.74) is -3.87. The lowest BCUT2D eigenvalue weighted by Gasteiger charge is -2.16. The lowest BCUT2D eigenvalue weighted by molar-refractivity contribution is 0.0483. The summed E-state index contributed by atoms with van der Waals surface area (Å²) in [6.07, 6.45) is -0.179. The molecular weight excluding hydrogens is 257 g/mol. The molecule has 0 aliphatic rings. The molecular formula is C5H10BrF2O3P. The van der Waals surface area contributed by atoms with Gasteiger partial charge >= 0.3 is 13.3 Å². The molecule has 0 atom stereocenters. The van der Waals surface area contributed by atoms with Gasteiger partial charge in [-0.3, -0.25) is 4.57 Å². The Morgan fingerprint density at radius 1 is 1.33 bits per heavy atom. The summed E-state index contributed by atoms with van der Waals surface area (Å²) in [6, 6.07) is 0. The Kier molecular flexibility index (Phi) is 4.84. The molecule has 0 unspecified atom stereocenters. The molecule has 7 heteroatoms. The van der Waals surface area contributed by atoms with Gasteiger partial charge in [0.25, 0.3) is 0 Å². The van der Waals surface area contributed by atoms with Crippen LogP contribution in [0.2, 0.25) is 0 Å². The van der Waals surface area contributed by atoms with Crippen molar-refractivity contribution >= 4 is 23.5 Å². The van der Waals surface area contributed by atoms with Crippen molar-refractivity contribution in [2.75, 3.05) is 5.33 Å². The molecule has 0 spiro atoms. The van der Waals surface area contributed by atoms with Crippen LogP contribution in [0.25, 0.3) is 0 Å². The first-order chi connectivity index (χ1) is 5.31. The largest absolute Gasteiger partial charge is 0.394 e. The van der Waals surface area contributed by atoms with E-state index in [1.54, 1.807) is 0 Å². The molecule has 12 heavy (non-hydrogen) atoms. The zero-order valence-electron chi connectivity index (χ0n) is 6.21. The van der Waals surface area contributed by atoms with Gasteiger partial charge in [0.15, 0.2) is 0 Å². The van der Waals surface area contributed by atoms with E-state index in [9.17, 15) is 13.3 Å². The van der Waals surface area contributed by atoms with Crippen molar-refractivity contribution in [3.8, 4) is 0 Å². The van der Waals surface area contributed by atoms with Crippen LogP contribution in [-0.2, 0) is 4.57 Å². The minimum absolute atomic E-state index is 0.101. The molecule has 0 radical (unpaired) electrons. The molecule has 0 aromatic carbocycles. The van der Waals surface area contributed by atoms with E-state index in [0.29, 0.717) is 11.8 Å². The summed E-state index contributed by atoms with van der Waals surface area (Å²) in [5.74, 6) is 0. The Hall–Kier alpha value is 0.490. The van der Waals surface area contributed by atoms with E-state index in [4.69, 9.17) is 9.79 Å². The third-order valence-corrected chi connectivity index (χ3v) is 2.92.